The van der Waals surface area contributed by atoms with Gasteiger partial charge >= 0.3 is 0 Å². The maximum Gasteiger partial charge on any atom is 0.166 e. The zero-order chi connectivity index (χ0) is 22.5. The van der Waals surface area contributed by atoms with Crippen molar-refractivity contribution in [2.45, 2.75) is 55.9 Å². The first-order valence-electron chi connectivity index (χ1n) is 11.1. The Morgan fingerprint density at radius 2 is 1.68 bits per heavy atom. The van der Waals surface area contributed by atoms with E-state index in [4.69, 9.17) is 4.74 Å². The van der Waals surface area contributed by atoms with Gasteiger partial charge in [-0.2, -0.15) is 0 Å². The van der Waals surface area contributed by atoms with Crippen LogP contribution in [-0.4, -0.2) is 28.6 Å². The molecule has 2 atom stereocenters. The van der Waals surface area contributed by atoms with Crippen LogP contribution in [0.5, 0.6) is 0 Å². The highest BCUT2D eigenvalue weighted by Gasteiger charge is 2.37. The minimum atomic E-state index is -0.777. The van der Waals surface area contributed by atoms with E-state index in [0.29, 0.717) is 6.61 Å². The number of rotatable bonds is 13. The third kappa shape index (κ3) is 7.35. The summed E-state index contributed by atoms with van der Waals surface area (Å²) in [6.07, 6.45) is 9.11. The Balaban J connectivity index is 2.39. The monoisotopic (exact) mass is 502 g/mol. The smallest absolute Gasteiger partial charge is 0.166 e. The van der Waals surface area contributed by atoms with Crippen molar-refractivity contribution in [3.63, 3.8) is 0 Å². The summed E-state index contributed by atoms with van der Waals surface area (Å²) in [6.45, 7) is 6.75. The largest absolute Gasteiger partial charge is 0.367 e. The van der Waals surface area contributed by atoms with Gasteiger partial charge in [-0.25, -0.2) is 0 Å². The third-order valence-corrected chi connectivity index (χ3v) is 7.20. The molecule has 0 radical (unpaired) electrons. The van der Waals surface area contributed by atoms with Crippen molar-refractivity contribution in [3.05, 3.63) is 95.6 Å². The summed E-state index contributed by atoms with van der Waals surface area (Å²) in [7, 11) is 0. The van der Waals surface area contributed by atoms with Crippen LogP contribution in [-0.2, 0) is 9.48 Å². The van der Waals surface area contributed by atoms with Crippen LogP contribution in [0.25, 0.3) is 0 Å². The van der Waals surface area contributed by atoms with Crippen molar-refractivity contribution in [2.75, 3.05) is 12.4 Å². The summed E-state index contributed by atoms with van der Waals surface area (Å²) in [5.74, 6) is 0.909. The van der Waals surface area contributed by atoms with E-state index >= 15 is 0 Å². The van der Waals surface area contributed by atoms with Gasteiger partial charge in [-0.15, -0.1) is 11.8 Å². The minimum Gasteiger partial charge on any atom is -0.367 e. The highest BCUT2D eigenvalue weighted by molar-refractivity contribution is 9.09. The third-order valence-electron chi connectivity index (χ3n) is 5.12. The maximum absolute atomic E-state index is 9.89. The minimum absolute atomic E-state index is 0.0776. The SMILES string of the molecule is C/C=C(\C=C/CCC)C(SCCCOC(O)C(C)Br)(c1ccccc1)c1ccccc1. The first-order chi connectivity index (χ1) is 15.1. The molecule has 0 aromatic heterocycles. The van der Waals surface area contributed by atoms with Crippen LogP contribution in [0, 0.1) is 0 Å². The number of allylic oxidation sites excluding steroid dienone is 3. The normalized spacial score (nSPS) is 14.7. The van der Waals surface area contributed by atoms with Crippen molar-refractivity contribution in [3.8, 4) is 0 Å². The lowest BCUT2D eigenvalue weighted by atomic mass is 9.83. The van der Waals surface area contributed by atoms with Gasteiger partial charge < -0.3 is 9.84 Å². The van der Waals surface area contributed by atoms with E-state index in [1.165, 1.54) is 16.7 Å². The molecule has 31 heavy (non-hydrogen) atoms. The lowest BCUT2D eigenvalue weighted by Crippen LogP contribution is -2.27. The number of ether oxygens (including phenoxy) is 1. The van der Waals surface area contributed by atoms with E-state index in [0.717, 1.165) is 25.0 Å². The van der Waals surface area contributed by atoms with Gasteiger partial charge in [0.1, 0.15) is 0 Å². The first kappa shape index (κ1) is 25.9. The average Bonchev–Trinajstić information content (AvgIpc) is 2.80. The second-order valence-corrected chi connectivity index (χ2v) is 10.2. The van der Waals surface area contributed by atoms with Gasteiger partial charge in [-0.05, 0) is 49.1 Å². The maximum atomic E-state index is 9.89. The van der Waals surface area contributed by atoms with Crippen LogP contribution in [0.2, 0.25) is 0 Å². The summed E-state index contributed by atoms with van der Waals surface area (Å²) < 4.78 is 5.26. The first-order valence-corrected chi connectivity index (χ1v) is 13.0. The number of aliphatic hydroxyl groups is 1. The molecule has 0 aliphatic heterocycles. The number of hydrogen-bond donors (Lipinski definition) is 1. The number of thioether (sulfide) groups is 1. The van der Waals surface area contributed by atoms with Gasteiger partial charge in [0.2, 0.25) is 0 Å². The van der Waals surface area contributed by atoms with Crippen LogP contribution >= 0.6 is 27.7 Å². The highest BCUT2D eigenvalue weighted by atomic mass is 79.9. The molecule has 0 amide bonds. The number of aliphatic hydroxyl groups excluding tert-OH is 1. The van der Waals surface area contributed by atoms with Crippen molar-refractivity contribution >= 4 is 27.7 Å². The Morgan fingerprint density at radius 1 is 1.10 bits per heavy atom. The quantitative estimate of drug-likeness (QED) is 0.133. The summed E-state index contributed by atoms with van der Waals surface area (Å²) in [5, 5.41) is 9.89. The number of unbranched alkanes of at least 4 members (excludes halogenated alkanes) is 1. The Hall–Kier alpha value is -1.33. The number of hydrogen-bond acceptors (Lipinski definition) is 3. The second kappa shape index (κ2) is 13.9. The Labute approximate surface area is 200 Å². The molecule has 1 N–H and O–H groups in total. The van der Waals surface area contributed by atoms with E-state index in [1.807, 2.05) is 18.7 Å². The molecule has 0 saturated carbocycles. The zero-order valence-corrected chi connectivity index (χ0v) is 21.2. The lowest BCUT2D eigenvalue weighted by Gasteiger charge is -2.36. The van der Waals surface area contributed by atoms with E-state index < -0.39 is 6.29 Å². The van der Waals surface area contributed by atoms with Crippen LogP contribution < -0.4 is 0 Å². The Kier molecular flexibility index (Phi) is 11.7. The molecular formula is C27H35BrO2S. The average molecular weight is 504 g/mol. The molecule has 2 aromatic rings. The van der Waals surface area contributed by atoms with E-state index in [2.05, 4.69) is 109 Å². The Bertz CT molecular complexity index is 763. The molecule has 2 nitrogen and oxygen atoms in total. The Morgan fingerprint density at radius 3 is 2.16 bits per heavy atom. The number of benzene rings is 2. The second-order valence-electron chi connectivity index (χ2n) is 7.49. The van der Waals surface area contributed by atoms with Crippen molar-refractivity contribution in [2.24, 2.45) is 0 Å². The van der Waals surface area contributed by atoms with E-state index in [-0.39, 0.29) is 9.57 Å². The number of halogens is 1. The zero-order valence-electron chi connectivity index (χ0n) is 18.8. The molecule has 0 spiro atoms. The molecule has 0 fully saturated rings. The predicted molar refractivity (Wildman–Crippen MR) is 139 cm³/mol. The molecule has 2 rings (SSSR count). The molecule has 0 heterocycles. The summed E-state index contributed by atoms with van der Waals surface area (Å²) >= 11 is 5.30. The fraction of sp³-hybridized carbons (Fsp3) is 0.407. The van der Waals surface area contributed by atoms with E-state index in [9.17, 15) is 5.11 Å². The molecule has 4 heteroatoms. The van der Waals surface area contributed by atoms with Gasteiger partial charge in [0.05, 0.1) is 16.2 Å². The summed E-state index contributed by atoms with van der Waals surface area (Å²) in [5.41, 5.74) is 3.84. The molecular weight excluding hydrogens is 468 g/mol. The van der Waals surface area contributed by atoms with Crippen molar-refractivity contribution < 1.29 is 9.84 Å². The van der Waals surface area contributed by atoms with Crippen molar-refractivity contribution in [1.82, 2.24) is 0 Å². The van der Waals surface area contributed by atoms with Gasteiger partial charge in [0.25, 0.3) is 0 Å². The van der Waals surface area contributed by atoms with Crippen LogP contribution in [0.4, 0.5) is 0 Å². The molecule has 0 bridgehead atoms. The molecule has 0 saturated heterocycles. The van der Waals surface area contributed by atoms with Gasteiger partial charge in [-0.3, -0.25) is 0 Å². The molecule has 2 aromatic carbocycles. The number of alkyl halides is 1. The molecule has 168 valence electrons. The fourth-order valence-electron chi connectivity index (χ4n) is 3.51. The summed E-state index contributed by atoms with van der Waals surface area (Å²) in [4.78, 5) is -0.0776. The highest BCUT2D eigenvalue weighted by Crippen LogP contribution is 2.49. The molecule has 2 unspecified atom stereocenters. The topological polar surface area (TPSA) is 29.5 Å². The van der Waals surface area contributed by atoms with Gasteiger partial charge in [-0.1, -0.05) is 108 Å². The van der Waals surface area contributed by atoms with Crippen LogP contribution in [0.1, 0.15) is 51.2 Å². The van der Waals surface area contributed by atoms with Gasteiger partial charge in [0.15, 0.2) is 6.29 Å². The molecule has 0 aliphatic carbocycles. The van der Waals surface area contributed by atoms with Crippen LogP contribution in [0.15, 0.2) is 84.5 Å². The van der Waals surface area contributed by atoms with Crippen molar-refractivity contribution in [1.29, 1.82) is 0 Å². The van der Waals surface area contributed by atoms with Gasteiger partial charge in [0, 0.05) is 0 Å². The lowest BCUT2D eigenvalue weighted by molar-refractivity contribution is -0.0944. The molecule has 0 aliphatic rings. The van der Waals surface area contributed by atoms with E-state index in [1.54, 1.807) is 0 Å². The fourth-order valence-corrected chi connectivity index (χ4v) is 5.19. The predicted octanol–water partition coefficient (Wildman–Crippen LogP) is 7.47. The standard InChI is InChI=1S/C27H35BrO2S/c1-4-6-9-15-23(5-2)27(24-16-10-7-11-17-24,25-18-12-8-13-19-25)31-21-14-20-30-26(29)22(3)28/h5,7-13,15-19,22,26,29H,4,6,14,20-21H2,1-3H3/b15-9-,23-5+. The summed E-state index contributed by atoms with van der Waals surface area (Å²) in [6, 6.07) is 21.5. The van der Waals surface area contributed by atoms with Crippen LogP contribution in [0.3, 0.4) is 0 Å².